The lowest BCUT2D eigenvalue weighted by Crippen LogP contribution is -2.13. The second kappa shape index (κ2) is 4.31. The molecule has 2 rings (SSSR count). The summed E-state index contributed by atoms with van der Waals surface area (Å²) in [5, 5.41) is 20.1. The molecule has 2 N–H and O–H groups in total. The van der Waals surface area contributed by atoms with Crippen LogP contribution in [-0.4, -0.2) is 15.8 Å². The summed E-state index contributed by atoms with van der Waals surface area (Å²) in [6, 6.07) is 6.03. The topological polar surface area (TPSA) is 70.7 Å². The number of benzene rings is 1. The van der Waals surface area contributed by atoms with Gasteiger partial charge >= 0.3 is 5.63 Å². The first kappa shape index (κ1) is 12.4. The van der Waals surface area contributed by atoms with Crippen molar-refractivity contribution in [2.24, 2.45) is 0 Å². The third-order valence-corrected chi connectivity index (χ3v) is 2.44. The minimum absolute atomic E-state index is 0.00245. The first-order valence-electron chi connectivity index (χ1n) is 5.54. The number of aromatic hydroxyl groups is 1. The molecule has 0 aliphatic carbocycles. The molecule has 0 aliphatic heterocycles. The van der Waals surface area contributed by atoms with Crippen LogP contribution < -0.4 is 5.63 Å². The SMILES string of the molecule is CC(C)(O)C=Cc1cc2ccc(=O)oc2cc1O. The molecule has 1 aromatic carbocycles. The van der Waals surface area contributed by atoms with Gasteiger partial charge in [-0.2, -0.15) is 0 Å². The number of rotatable bonds is 2. The number of phenolic OH excluding ortho intramolecular Hbond substituents is 1. The van der Waals surface area contributed by atoms with E-state index in [0.717, 1.165) is 0 Å². The molecule has 0 radical (unpaired) electrons. The number of aliphatic hydroxyl groups is 1. The summed E-state index contributed by atoms with van der Waals surface area (Å²) < 4.78 is 4.95. The van der Waals surface area contributed by atoms with Crippen LogP contribution in [0.25, 0.3) is 17.0 Å². The summed E-state index contributed by atoms with van der Waals surface area (Å²) in [6.07, 6.45) is 3.20. The normalized spacial score (nSPS) is 12.4. The Labute approximate surface area is 104 Å². The van der Waals surface area contributed by atoms with Gasteiger partial charge in [-0.1, -0.05) is 12.2 Å². The van der Waals surface area contributed by atoms with Gasteiger partial charge in [0.05, 0.1) is 5.60 Å². The molecule has 0 atom stereocenters. The summed E-state index contributed by atoms with van der Waals surface area (Å²) >= 11 is 0. The fraction of sp³-hybridized carbons (Fsp3) is 0.214. The van der Waals surface area contributed by atoms with Crippen molar-refractivity contribution in [3.05, 3.63) is 46.3 Å². The molecule has 4 nitrogen and oxygen atoms in total. The van der Waals surface area contributed by atoms with E-state index in [1.165, 1.54) is 12.1 Å². The highest BCUT2D eigenvalue weighted by Gasteiger charge is 2.08. The van der Waals surface area contributed by atoms with Crippen LogP contribution >= 0.6 is 0 Å². The first-order valence-corrected chi connectivity index (χ1v) is 5.54. The Hall–Kier alpha value is -2.07. The maximum atomic E-state index is 11.0. The van der Waals surface area contributed by atoms with Crippen molar-refractivity contribution in [3.8, 4) is 5.75 Å². The molecular formula is C14H14O4. The van der Waals surface area contributed by atoms with Crippen molar-refractivity contribution >= 4 is 17.0 Å². The Morgan fingerprint density at radius 1 is 1.28 bits per heavy atom. The van der Waals surface area contributed by atoms with E-state index < -0.39 is 11.2 Å². The molecule has 0 aliphatic rings. The molecule has 1 heterocycles. The first-order chi connectivity index (χ1) is 8.35. The molecule has 0 spiro atoms. The molecule has 2 aromatic rings. The zero-order valence-corrected chi connectivity index (χ0v) is 10.2. The number of hydrogen-bond acceptors (Lipinski definition) is 4. The Kier molecular flexibility index (Phi) is 2.97. The highest BCUT2D eigenvalue weighted by atomic mass is 16.4. The van der Waals surface area contributed by atoms with E-state index in [9.17, 15) is 15.0 Å². The van der Waals surface area contributed by atoms with Gasteiger partial charge in [0, 0.05) is 23.1 Å². The van der Waals surface area contributed by atoms with Crippen molar-refractivity contribution in [2.75, 3.05) is 0 Å². The van der Waals surface area contributed by atoms with Gasteiger partial charge in [-0.05, 0) is 26.0 Å². The number of hydrogen-bond donors (Lipinski definition) is 2. The van der Waals surface area contributed by atoms with Crippen LogP contribution in [0.5, 0.6) is 5.75 Å². The van der Waals surface area contributed by atoms with Gasteiger partial charge in [-0.3, -0.25) is 0 Å². The minimum atomic E-state index is -0.954. The summed E-state index contributed by atoms with van der Waals surface area (Å²) in [7, 11) is 0. The molecule has 4 heteroatoms. The molecule has 18 heavy (non-hydrogen) atoms. The largest absolute Gasteiger partial charge is 0.507 e. The zero-order valence-electron chi connectivity index (χ0n) is 10.2. The lowest BCUT2D eigenvalue weighted by atomic mass is 10.1. The zero-order chi connectivity index (χ0) is 13.3. The van der Waals surface area contributed by atoms with Crippen molar-refractivity contribution in [2.45, 2.75) is 19.4 Å². The van der Waals surface area contributed by atoms with Gasteiger partial charge in [0.2, 0.25) is 0 Å². The molecular weight excluding hydrogens is 232 g/mol. The van der Waals surface area contributed by atoms with Crippen molar-refractivity contribution in [1.29, 1.82) is 0 Å². The molecule has 94 valence electrons. The average molecular weight is 246 g/mol. The van der Waals surface area contributed by atoms with E-state index >= 15 is 0 Å². The van der Waals surface area contributed by atoms with E-state index in [0.29, 0.717) is 16.5 Å². The van der Waals surface area contributed by atoms with Crippen LogP contribution in [0.4, 0.5) is 0 Å². The second-order valence-corrected chi connectivity index (χ2v) is 4.69. The van der Waals surface area contributed by atoms with Crippen LogP contribution in [0.3, 0.4) is 0 Å². The predicted molar refractivity (Wildman–Crippen MR) is 69.5 cm³/mol. The molecule has 0 saturated heterocycles. The van der Waals surface area contributed by atoms with Crippen molar-refractivity contribution in [1.82, 2.24) is 0 Å². The van der Waals surface area contributed by atoms with Gasteiger partial charge in [0.15, 0.2) is 0 Å². The molecule has 1 aromatic heterocycles. The molecule has 0 amide bonds. The highest BCUT2D eigenvalue weighted by molar-refractivity contribution is 5.82. The van der Waals surface area contributed by atoms with E-state index in [-0.39, 0.29) is 5.75 Å². The fourth-order valence-corrected chi connectivity index (χ4v) is 1.55. The summed E-state index contributed by atoms with van der Waals surface area (Å²) in [5.74, 6) is -0.00245. The summed E-state index contributed by atoms with van der Waals surface area (Å²) in [5.41, 5.74) is -0.523. The van der Waals surface area contributed by atoms with E-state index in [4.69, 9.17) is 4.42 Å². The summed E-state index contributed by atoms with van der Waals surface area (Å²) in [4.78, 5) is 11.0. The van der Waals surface area contributed by atoms with Gasteiger partial charge in [0.25, 0.3) is 0 Å². The number of phenols is 1. The van der Waals surface area contributed by atoms with Gasteiger partial charge < -0.3 is 14.6 Å². The van der Waals surface area contributed by atoms with Crippen LogP contribution in [0.15, 0.2) is 39.6 Å². The van der Waals surface area contributed by atoms with Crippen LogP contribution in [0.1, 0.15) is 19.4 Å². The van der Waals surface area contributed by atoms with Gasteiger partial charge in [-0.15, -0.1) is 0 Å². The third kappa shape index (κ3) is 2.78. The molecule has 0 fully saturated rings. The second-order valence-electron chi connectivity index (χ2n) is 4.69. The lowest BCUT2D eigenvalue weighted by Gasteiger charge is -2.10. The van der Waals surface area contributed by atoms with Crippen LogP contribution in [0, 0.1) is 0 Å². The molecule has 0 bridgehead atoms. The Morgan fingerprint density at radius 2 is 2.00 bits per heavy atom. The number of fused-ring (bicyclic) bond motifs is 1. The van der Waals surface area contributed by atoms with E-state index in [1.807, 2.05) is 0 Å². The average Bonchev–Trinajstić information content (AvgIpc) is 2.25. The predicted octanol–water partition coefficient (Wildman–Crippen LogP) is 2.28. The van der Waals surface area contributed by atoms with Crippen molar-refractivity contribution in [3.63, 3.8) is 0 Å². The minimum Gasteiger partial charge on any atom is -0.507 e. The Bertz CT molecular complexity index is 660. The maximum absolute atomic E-state index is 11.0. The molecule has 0 unspecified atom stereocenters. The van der Waals surface area contributed by atoms with Crippen LogP contribution in [-0.2, 0) is 0 Å². The quantitative estimate of drug-likeness (QED) is 0.797. The van der Waals surface area contributed by atoms with Gasteiger partial charge in [-0.25, -0.2) is 4.79 Å². The van der Waals surface area contributed by atoms with Crippen LogP contribution in [0.2, 0.25) is 0 Å². The monoisotopic (exact) mass is 246 g/mol. The molecule has 0 saturated carbocycles. The summed E-state index contributed by atoms with van der Waals surface area (Å²) in [6.45, 7) is 3.28. The fourth-order valence-electron chi connectivity index (χ4n) is 1.55. The smallest absolute Gasteiger partial charge is 0.336 e. The third-order valence-electron chi connectivity index (χ3n) is 2.44. The standard InChI is InChI=1S/C14H14O4/c1-14(2,17)6-5-9-7-10-3-4-13(16)18-12(10)8-11(9)15/h3-8,15,17H,1-2H3. The van der Waals surface area contributed by atoms with Crippen molar-refractivity contribution < 1.29 is 14.6 Å². The maximum Gasteiger partial charge on any atom is 0.336 e. The Balaban J connectivity index is 2.53. The van der Waals surface area contributed by atoms with Gasteiger partial charge in [0.1, 0.15) is 11.3 Å². The Morgan fingerprint density at radius 3 is 2.67 bits per heavy atom. The highest BCUT2D eigenvalue weighted by Crippen LogP contribution is 2.25. The van der Waals surface area contributed by atoms with E-state index in [2.05, 4.69) is 0 Å². The van der Waals surface area contributed by atoms with E-state index in [1.54, 1.807) is 38.1 Å². The lowest BCUT2D eigenvalue weighted by molar-refractivity contribution is 0.134.